The van der Waals surface area contributed by atoms with Gasteiger partial charge in [0.15, 0.2) is 0 Å². The zero-order chi connectivity index (χ0) is 9.56. The molecule has 0 aliphatic carbocycles. The molecule has 1 nitrogen and oxygen atoms in total. The maximum atomic E-state index is 10.9. The average Bonchev–Trinajstić information content (AvgIpc) is 1.98. The molecule has 0 fully saturated rings. The van der Waals surface area contributed by atoms with Crippen molar-refractivity contribution in [2.24, 2.45) is 5.92 Å². The molecule has 72 valence electrons. The first-order valence-electron chi connectivity index (χ1n) is 4.30. The summed E-state index contributed by atoms with van der Waals surface area (Å²) in [5, 5.41) is 0.629. The molecule has 1 unspecified atom stereocenters. The van der Waals surface area contributed by atoms with Gasteiger partial charge in [0, 0.05) is 11.7 Å². The normalized spacial score (nSPS) is 15.7. The van der Waals surface area contributed by atoms with Crippen LogP contribution in [-0.4, -0.2) is 17.3 Å². The third-order valence-corrected chi connectivity index (χ3v) is 4.42. The molecule has 0 saturated carbocycles. The molecule has 0 heterocycles. The third-order valence-electron chi connectivity index (χ3n) is 1.87. The fraction of sp³-hybridized carbons (Fsp3) is 0.889. The van der Waals surface area contributed by atoms with Crippen LogP contribution in [0.5, 0.6) is 0 Å². The lowest BCUT2D eigenvalue weighted by molar-refractivity contribution is -0.117. The molecular formula is C9H18OS2. The van der Waals surface area contributed by atoms with Gasteiger partial charge in [-0.2, -0.15) is 0 Å². The molecule has 0 aromatic heterocycles. The topological polar surface area (TPSA) is 17.1 Å². The first kappa shape index (κ1) is 12.4. The summed E-state index contributed by atoms with van der Waals surface area (Å²) in [6.45, 7) is 6.02. The summed E-state index contributed by atoms with van der Waals surface area (Å²) in [5.41, 5.74) is 0. The van der Waals surface area contributed by atoms with Crippen LogP contribution in [-0.2, 0) is 4.79 Å². The van der Waals surface area contributed by atoms with Crippen molar-refractivity contribution >= 4 is 27.4 Å². The van der Waals surface area contributed by atoms with E-state index < -0.39 is 0 Å². The Labute approximate surface area is 83.5 Å². The predicted molar refractivity (Wildman–Crippen MR) is 59.6 cm³/mol. The third kappa shape index (κ3) is 5.09. The molecule has 0 amide bonds. The summed E-state index contributed by atoms with van der Waals surface area (Å²) in [6.07, 6.45) is 3.97. The van der Waals surface area contributed by atoms with Crippen LogP contribution in [0, 0.1) is 5.92 Å². The molecule has 0 aliphatic rings. The van der Waals surface area contributed by atoms with Crippen LogP contribution < -0.4 is 0 Å². The van der Waals surface area contributed by atoms with Gasteiger partial charge in [0.25, 0.3) is 0 Å². The Hall–Kier alpha value is 0.370. The lowest BCUT2D eigenvalue weighted by atomic mass is 10.00. The highest BCUT2D eigenvalue weighted by molar-refractivity contribution is 8.76. The molecule has 0 N–H and O–H groups in total. The number of Topliss-reactive ketones (excluding diaryl/α,β-unsaturated/α-hetero) is 1. The number of hydrogen-bond donors (Lipinski definition) is 0. The molecule has 0 aromatic rings. The molecule has 0 bridgehead atoms. The van der Waals surface area contributed by atoms with Gasteiger partial charge in [-0.05, 0) is 25.5 Å². The summed E-state index contributed by atoms with van der Waals surface area (Å²) < 4.78 is 0. The Morgan fingerprint density at radius 1 is 1.50 bits per heavy atom. The van der Waals surface area contributed by atoms with E-state index in [0.29, 0.717) is 17.0 Å². The SMILES string of the molecule is CC[C@H](SSC)C(C)CC(C)=O. The van der Waals surface area contributed by atoms with E-state index >= 15 is 0 Å². The van der Waals surface area contributed by atoms with Crippen LogP contribution in [0.25, 0.3) is 0 Å². The van der Waals surface area contributed by atoms with Crippen molar-refractivity contribution < 1.29 is 4.79 Å². The zero-order valence-corrected chi connectivity index (χ0v) is 9.93. The van der Waals surface area contributed by atoms with E-state index in [9.17, 15) is 4.79 Å². The maximum Gasteiger partial charge on any atom is 0.130 e. The Balaban J connectivity index is 3.84. The van der Waals surface area contributed by atoms with Gasteiger partial charge in [0.1, 0.15) is 5.78 Å². The number of carbonyl (C=O) groups excluding carboxylic acids is 1. The second-order valence-corrected chi connectivity index (χ2v) is 5.80. The van der Waals surface area contributed by atoms with Crippen molar-refractivity contribution in [3.8, 4) is 0 Å². The molecule has 0 aliphatic heterocycles. The van der Waals surface area contributed by atoms with Crippen LogP contribution in [0.15, 0.2) is 0 Å². The lowest BCUT2D eigenvalue weighted by Crippen LogP contribution is -2.15. The Morgan fingerprint density at radius 3 is 2.42 bits per heavy atom. The van der Waals surface area contributed by atoms with E-state index in [-0.39, 0.29) is 0 Å². The summed E-state index contributed by atoms with van der Waals surface area (Å²) >= 11 is 0. The van der Waals surface area contributed by atoms with Crippen LogP contribution >= 0.6 is 21.6 Å². The van der Waals surface area contributed by atoms with Crippen LogP contribution in [0.4, 0.5) is 0 Å². The fourth-order valence-electron chi connectivity index (χ4n) is 1.27. The van der Waals surface area contributed by atoms with Crippen molar-refractivity contribution in [3.05, 3.63) is 0 Å². The van der Waals surface area contributed by atoms with Gasteiger partial charge in [-0.3, -0.25) is 0 Å². The van der Waals surface area contributed by atoms with Gasteiger partial charge < -0.3 is 4.79 Å². The van der Waals surface area contributed by atoms with Gasteiger partial charge >= 0.3 is 0 Å². The average molecular weight is 206 g/mol. The van der Waals surface area contributed by atoms with Gasteiger partial charge in [-0.15, -0.1) is 0 Å². The van der Waals surface area contributed by atoms with Crippen molar-refractivity contribution in [2.45, 2.75) is 38.9 Å². The highest BCUT2D eigenvalue weighted by atomic mass is 33.1. The number of hydrogen-bond acceptors (Lipinski definition) is 3. The summed E-state index contributed by atoms with van der Waals surface area (Å²) in [6, 6.07) is 0. The fourth-order valence-corrected chi connectivity index (χ4v) is 3.66. The molecule has 3 heteroatoms. The Kier molecular flexibility index (Phi) is 7.05. The van der Waals surface area contributed by atoms with Gasteiger partial charge in [0.2, 0.25) is 0 Å². The van der Waals surface area contributed by atoms with Crippen LogP contribution in [0.2, 0.25) is 0 Å². The maximum absolute atomic E-state index is 10.9. The minimum absolute atomic E-state index is 0.308. The van der Waals surface area contributed by atoms with E-state index in [1.54, 1.807) is 17.7 Å². The van der Waals surface area contributed by atoms with Gasteiger partial charge in [0.05, 0.1) is 0 Å². The number of carbonyl (C=O) groups is 1. The van der Waals surface area contributed by atoms with Crippen LogP contribution in [0.1, 0.15) is 33.6 Å². The summed E-state index contributed by atoms with van der Waals surface area (Å²) in [4.78, 5) is 10.9. The van der Waals surface area contributed by atoms with Gasteiger partial charge in [-0.1, -0.05) is 35.4 Å². The van der Waals surface area contributed by atoms with Crippen LogP contribution in [0.3, 0.4) is 0 Å². The lowest BCUT2D eigenvalue weighted by Gasteiger charge is -2.19. The second kappa shape index (κ2) is 6.84. The molecule has 0 radical (unpaired) electrons. The van der Waals surface area contributed by atoms with E-state index in [2.05, 4.69) is 20.1 Å². The Morgan fingerprint density at radius 2 is 2.08 bits per heavy atom. The largest absolute Gasteiger partial charge is 0.300 e. The molecule has 0 rings (SSSR count). The monoisotopic (exact) mass is 206 g/mol. The molecule has 0 aromatic carbocycles. The van der Waals surface area contributed by atoms with Crippen molar-refractivity contribution in [2.75, 3.05) is 6.26 Å². The molecular weight excluding hydrogens is 188 g/mol. The summed E-state index contributed by atoms with van der Waals surface area (Å²) in [5.74, 6) is 0.826. The predicted octanol–water partition coefficient (Wildman–Crippen LogP) is 3.39. The standard InChI is InChI=1S/C9H18OS2/c1-5-9(12-11-4)7(2)6-8(3)10/h7,9H,5-6H2,1-4H3/t7?,9-/m0/s1. The van der Waals surface area contributed by atoms with E-state index in [1.807, 2.05) is 10.8 Å². The smallest absolute Gasteiger partial charge is 0.130 e. The minimum atomic E-state index is 0.308. The van der Waals surface area contributed by atoms with E-state index in [0.717, 1.165) is 12.8 Å². The van der Waals surface area contributed by atoms with Crippen molar-refractivity contribution in [1.29, 1.82) is 0 Å². The van der Waals surface area contributed by atoms with E-state index in [4.69, 9.17) is 0 Å². The number of ketones is 1. The van der Waals surface area contributed by atoms with Crippen molar-refractivity contribution in [3.63, 3.8) is 0 Å². The zero-order valence-electron chi connectivity index (χ0n) is 8.29. The highest BCUT2D eigenvalue weighted by Crippen LogP contribution is 2.32. The number of rotatable bonds is 6. The quantitative estimate of drug-likeness (QED) is 0.620. The summed E-state index contributed by atoms with van der Waals surface area (Å²) in [7, 11) is 3.69. The highest BCUT2D eigenvalue weighted by Gasteiger charge is 2.16. The Bertz CT molecular complexity index is 136. The molecule has 12 heavy (non-hydrogen) atoms. The first-order valence-corrected chi connectivity index (χ1v) is 6.92. The minimum Gasteiger partial charge on any atom is -0.300 e. The molecule has 0 saturated heterocycles. The molecule has 2 atom stereocenters. The van der Waals surface area contributed by atoms with Gasteiger partial charge in [-0.25, -0.2) is 0 Å². The van der Waals surface area contributed by atoms with Crippen molar-refractivity contribution in [1.82, 2.24) is 0 Å². The first-order chi connectivity index (χ1) is 5.61. The second-order valence-electron chi connectivity index (χ2n) is 3.09. The molecule has 0 spiro atoms. The van der Waals surface area contributed by atoms with E-state index in [1.165, 1.54) is 0 Å².